The van der Waals surface area contributed by atoms with Gasteiger partial charge >= 0.3 is 0 Å². The Morgan fingerprint density at radius 2 is 2.24 bits per heavy atom. The molecule has 1 aromatic heterocycles. The monoisotopic (exact) mass is 350 g/mol. The number of carbonyl (C=O) groups is 1. The van der Waals surface area contributed by atoms with Crippen LogP contribution >= 0.6 is 0 Å². The van der Waals surface area contributed by atoms with Crippen molar-refractivity contribution in [1.82, 2.24) is 20.3 Å². The van der Waals surface area contributed by atoms with Crippen molar-refractivity contribution in [2.24, 2.45) is 5.92 Å². The van der Waals surface area contributed by atoms with E-state index in [2.05, 4.69) is 22.6 Å². The number of hydrogen-bond acceptors (Lipinski definition) is 5. The Morgan fingerprint density at radius 1 is 1.40 bits per heavy atom. The number of nitrogens with one attached hydrogen (secondary N) is 1. The Bertz CT molecular complexity index is 558. The normalized spacial score (nSPS) is 27.0. The molecule has 0 unspecified atom stereocenters. The number of amides is 1. The molecule has 2 N–H and O–H groups in total. The molecule has 2 aliphatic rings. The average molecular weight is 350 g/mol. The fraction of sp³-hybridized carbons (Fsp3) is 0.833. The Morgan fingerprint density at radius 3 is 2.92 bits per heavy atom. The summed E-state index contributed by atoms with van der Waals surface area (Å²) in [4.78, 5) is 12.1. The summed E-state index contributed by atoms with van der Waals surface area (Å²) in [7, 11) is 0. The van der Waals surface area contributed by atoms with Gasteiger partial charge in [-0.2, -0.15) is 0 Å². The van der Waals surface area contributed by atoms with Gasteiger partial charge in [0.25, 0.3) is 0 Å². The molecule has 3 rings (SSSR count). The lowest BCUT2D eigenvalue weighted by Crippen LogP contribution is -2.52. The Labute approximate surface area is 149 Å². The summed E-state index contributed by atoms with van der Waals surface area (Å²) in [5.74, 6) is 0.296. The highest BCUT2D eigenvalue weighted by molar-refractivity contribution is 5.79. The van der Waals surface area contributed by atoms with Crippen molar-refractivity contribution in [3.8, 4) is 0 Å². The van der Waals surface area contributed by atoms with Crippen LogP contribution in [0.4, 0.5) is 0 Å². The van der Waals surface area contributed by atoms with Crippen LogP contribution < -0.4 is 5.32 Å². The molecule has 0 bridgehead atoms. The lowest BCUT2D eigenvalue weighted by Gasteiger charge is -2.37. The molecule has 7 heteroatoms. The van der Waals surface area contributed by atoms with Gasteiger partial charge in [0, 0.05) is 18.7 Å². The molecule has 1 saturated heterocycles. The minimum Gasteiger partial charge on any atom is -0.394 e. The summed E-state index contributed by atoms with van der Waals surface area (Å²) in [6, 6.07) is -0.0723. The third-order valence-corrected chi connectivity index (χ3v) is 5.37. The van der Waals surface area contributed by atoms with Gasteiger partial charge in [-0.25, -0.2) is 0 Å². The molecule has 1 aliphatic heterocycles. The van der Waals surface area contributed by atoms with Crippen molar-refractivity contribution in [2.75, 3.05) is 6.61 Å². The summed E-state index contributed by atoms with van der Waals surface area (Å²) < 4.78 is 7.90. The minimum atomic E-state index is -0.311. The molecule has 0 radical (unpaired) electrons. The maximum absolute atomic E-state index is 12.1. The number of aryl methyl sites for hydroxylation is 2. The van der Waals surface area contributed by atoms with Gasteiger partial charge in [-0.1, -0.05) is 25.0 Å². The van der Waals surface area contributed by atoms with E-state index in [4.69, 9.17) is 4.74 Å². The molecule has 2 heterocycles. The van der Waals surface area contributed by atoms with Crippen LogP contribution in [0.1, 0.15) is 57.6 Å². The van der Waals surface area contributed by atoms with Crippen LogP contribution in [0.15, 0.2) is 6.20 Å². The van der Waals surface area contributed by atoms with Gasteiger partial charge in [-0.05, 0) is 38.5 Å². The van der Waals surface area contributed by atoms with Crippen molar-refractivity contribution in [1.29, 1.82) is 0 Å². The number of aromatic nitrogens is 3. The molecular formula is C18H30N4O3. The standard InChI is InChI=1S/C18H30N4O3/c1-2-4-14-11-22(21-20-14)10-9-15-7-8-16(17(12-23)25-15)19-18(24)13-5-3-6-13/h11,13,15-17,23H,2-10,12H2,1H3,(H,19,24)/t15-,16-,17-/m0/s1. The van der Waals surface area contributed by atoms with Crippen LogP contribution in [0.5, 0.6) is 0 Å². The second-order valence-electron chi connectivity index (χ2n) is 7.31. The molecule has 1 saturated carbocycles. The largest absolute Gasteiger partial charge is 0.394 e. The number of carbonyl (C=O) groups excluding carboxylic acids is 1. The zero-order chi connectivity index (χ0) is 17.6. The molecular weight excluding hydrogens is 320 g/mol. The molecule has 7 nitrogen and oxygen atoms in total. The predicted molar refractivity (Wildman–Crippen MR) is 92.9 cm³/mol. The second kappa shape index (κ2) is 8.76. The van der Waals surface area contributed by atoms with Crippen LogP contribution in [0, 0.1) is 5.92 Å². The number of hydrogen-bond donors (Lipinski definition) is 2. The first-order valence-electron chi connectivity index (χ1n) is 9.65. The maximum Gasteiger partial charge on any atom is 0.223 e. The lowest BCUT2D eigenvalue weighted by molar-refractivity contribution is -0.134. The van der Waals surface area contributed by atoms with Crippen molar-refractivity contribution in [3.05, 3.63) is 11.9 Å². The van der Waals surface area contributed by atoms with Crippen LogP contribution in [0.25, 0.3) is 0 Å². The average Bonchev–Trinajstić information content (AvgIpc) is 3.00. The second-order valence-corrected chi connectivity index (χ2v) is 7.31. The SMILES string of the molecule is CCCc1cn(CC[C@@H]2CC[C@H](NC(=O)C3CCC3)[C@H](CO)O2)nn1. The van der Waals surface area contributed by atoms with Gasteiger partial charge in [0.15, 0.2) is 0 Å². The van der Waals surface area contributed by atoms with E-state index in [1.54, 1.807) is 0 Å². The number of nitrogens with zero attached hydrogens (tertiary/aromatic N) is 3. The quantitative estimate of drug-likeness (QED) is 0.741. The van der Waals surface area contributed by atoms with Gasteiger partial charge in [-0.3, -0.25) is 9.48 Å². The highest BCUT2D eigenvalue weighted by atomic mass is 16.5. The van der Waals surface area contributed by atoms with Gasteiger partial charge in [0.1, 0.15) is 6.10 Å². The molecule has 2 fully saturated rings. The van der Waals surface area contributed by atoms with Gasteiger partial charge < -0.3 is 15.2 Å². The van der Waals surface area contributed by atoms with Crippen LogP contribution in [-0.4, -0.2) is 50.9 Å². The highest BCUT2D eigenvalue weighted by Crippen LogP contribution is 2.28. The van der Waals surface area contributed by atoms with Gasteiger partial charge in [-0.15, -0.1) is 5.10 Å². The summed E-state index contributed by atoms with van der Waals surface area (Å²) >= 11 is 0. The number of aliphatic hydroxyl groups excluding tert-OH is 1. The Kier molecular flexibility index (Phi) is 6.42. The molecule has 0 spiro atoms. The zero-order valence-corrected chi connectivity index (χ0v) is 15.1. The predicted octanol–water partition coefficient (Wildman–Crippen LogP) is 1.45. The molecule has 1 aromatic rings. The first-order valence-corrected chi connectivity index (χ1v) is 9.65. The third-order valence-electron chi connectivity index (χ3n) is 5.37. The molecule has 0 aromatic carbocycles. The van der Waals surface area contributed by atoms with E-state index < -0.39 is 0 Å². The molecule has 1 amide bonds. The first kappa shape index (κ1) is 18.3. The topological polar surface area (TPSA) is 89.3 Å². The van der Waals surface area contributed by atoms with Crippen molar-refractivity contribution in [3.63, 3.8) is 0 Å². The van der Waals surface area contributed by atoms with E-state index in [0.29, 0.717) is 0 Å². The Balaban J connectivity index is 1.44. The highest BCUT2D eigenvalue weighted by Gasteiger charge is 2.34. The summed E-state index contributed by atoms with van der Waals surface area (Å²) in [6.07, 6.45) is 9.51. The zero-order valence-electron chi connectivity index (χ0n) is 15.1. The summed E-state index contributed by atoms with van der Waals surface area (Å²) in [6.45, 7) is 2.83. The van der Waals surface area contributed by atoms with Crippen molar-refractivity contribution in [2.45, 2.75) is 83.1 Å². The molecule has 1 aliphatic carbocycles. The first-order chi connectivity index (χ1) is 12.2. The van der Waals surface area contributed by atoms with Crippen LogP contribution in [0.2, 0.25) is 0 Å². The van der Waals surface area contributed by atoms with Gasteiger partial charge in [0.05, 0.1) is 24.4 Å². The number of rotatable bonds is 8. The van der Waals surface area contributed by atoms with Crippen LogP contribution in [-0.2, 0) is 22.5 Å². The fourth-order valence-corrected chi connectivity index (χ4v) is 3.57. The van der Waals surface area contributed by atoms with E-state index in [9.17, 15) is 9.90 Å². The fourth-order valence-electron chi connectivity index (χ4n) is 3.57. The smallest absolute Gasteiger partial charge is 0.223 e. The van der Waals surface area contributed by atoms with E-state index in [1.165, 1.54) is 0 Å². The van der Waals surface area contributed by atoms with Crippen molar-refractivity contribution >= 4 is 5.91 Å². The van der Waals surface area contributed by atoms with Crippen molar-refractivity contribution < 1.29 is 14.6 Å². The van der Waals surface area contributed by atoms with E-state index in [0.717, 1.165) is 63.6 Å². The maximum atomic E-state index is 12.1. The van der Waals surface area contributed by atoms with E-state index >= 15 is 0 Å². The number of ether oxygens (including phenoxy) is 1. The third kappa shape index (κ3) is 4.79. The van der Waals surface area contributed by atoms with E-state index in [1.807, 2.05) is 10.9 Å². The summed E-state index contributed by atoms with van der Waals surface area (Å²) in [5, 5.41) is 21.0. The summed E-state index contributed by atoms with van der Waals surface area (Å²) in [5.41, 5.74) is 1.03. The number of aliphatic hydroxyl groups is 1. The Hall–Kier alpha value is -1.47. The van der Waals surface area contributed by atoms with Crippen LogP contribution in [0.3, 0.4) is 0 Å². The minimum absolute atomic E-state index is 0.0594. The lowest BCUT2D eigenvalue weighted by atomic mass is 9.84. The molecule has 25 heavy (non-hydrogen) atoms. The van der Waals surface area contributed by atoms with E-state index in [-0.39, 0.29) is 36.7 Å². The molecule has 3 atom stereocenters. The molecule has 140 valence electrons. The van der Waals surface area contributed by atoms with Gasteiger partial charge in [0.2, 0.25) is 5.91 Å².